The van der Waals surface area contributed by atoms with Gasteiger partial charge in [-0.2, -0.15) is 0 Å². The van der Waals surface area contributed by atoms with Gasteiger partial charge in [0.1, 0.15) is 12.4 Å². The van der Waals surface area contributed by atoms with Crippen LogP contribution in [0.1, 0.15) is 29.2 Å². The Morgan fingerprint density at radius 1 is 1.61 bits per heavy atom. The number of rotatable bonds is 4. The predicted molar refractivity (Wildman–Crippen MR) is 69.8 cm³/mol. The third kappa shape index (κ3) is 3.04. The molecule has 2 heterocycles. The number of furan rings is 1. The molecule has 2 N–H and O–H groups in total. The highest BCUT2D eigenvalue weighted by atomic mass is 35.5. The van der Waals surface area contributed by atoms with Crippen molar-refractivity contribution in [1.29, 1.82) is 0 Å². The average molecular weight is 275 g/mol. The molecule has 1 saturated heterocycles. The summed E-state index contributed by atoms with van der Waals surface area (Å²) in [5.41, 5.74) is 5.65. The highest BCUT2D eigenvalue weighted by molar-refractivity contribution is 5.92. The minimum absolute atomic E-state index is 0. The van der Waals surface area contributed by atoms with E-state index in [0.717, 1.165) is 19.4 Å². The second-order valence-corrected chi connectivity index (χ2v) is 4.23. The fraction of sp³-hybridized carbons (Fsp3) is 0.583. The quantitative estimate of drug-likeness (QED) is 0.901. The standard InChI is InChI=1S/C12H18N2O3.ClH/c1-16-8-10-4-5-11(17-10)12(15)14-6-2-3-9(14)7-13;/h4-5,9H,2-3,6-8,13H2,1H3;1H. The van der Waals surface area contributed by atoms with Crippen molar-refractivity contribution in [2.24, 2.45) is 5.73 Å². The van der Waals surface area contributed by atoms with Crippen LogP contribution < -0.4 is 5.73 Å². The van der Waals surface area contributed by atoms with Gasteiger partial charge in [-0.1, -0.05) is 0 Å². The Morgan fingerprint density at radius 3 is 3.06 bits per heavy atom. The second-order valence-electron chi connectivity index (χ2n) is 4.23. The third-order valence-electron chi connectivity index (χ3n) is 3.07. The normalized spacial score (nSPS) is 18.8. The zero-order valence-electron chi connectivity index (χ0n) is 10.4. The third-order valence-corrected chi connectivity index (χ3v) is 3.07. The van der Waals surface area contributed by atoms with E-state index in [0.29, 0.717) is 24.7 Å². The maximum atomic E-state index is 12.2. The van der Waals surface area contributed by atoms with Gasteiger partial charge in [-0.05, 0) is 25.0 Å². The summed E-state index contributed by atoms with van der Waals surface area (Å²) in [6.45, 7) is 1.66. The van der Waals surface area contributed by atoms with E-state index >= 15 is 0 Å². The van der Waals surface area contributed by atoms with Gasteiger partial charge in [0.2, 0.25) is 0 Å². The molecule has 0 saturated carbocycles. The van der Waals surface area contributed by atoms with E-state index in [2.05, 4.69) is 0 Å². The molecule has 1 aliphatic heterocycles. The van der Waals surface area contributed by atoms with Gasteiger partial charge in [0.05, 0.1) is 0 Å². The molecule has 0 aromatic carbocycles. The molecule has 0 spiro atoms. The van der Waals surface area contributed by atoms with Crippen molar-refractivity contribution in [2.75, 3.05) is 20.2 Å². The first kappa shape index (κ1) is 15.0. The van der Waals surface area contributed by atoms with Crippen molar-refractivity contribution in [3.8, 4) is 0 Å². The lowest BCUT2D eigenvalue weighted by Crippen LogP contribution is -2.39. The number of likely N-dealkylation sites (tertiary alicyclic amines) is 1. The summed E-state index contributed by atoms with van der Waals surface area (Å²) in [6.07, 6.45) is 1.99. The Labute approximate surface area is 113 Å². The monoisotopic (exact) mass is 274 g/mol. The molecule has 1 atom stereocenters. The topological polar surface area (TPSA) is 68.7 Å². The second kappa shape index (κ2) is 6.78. The number of nitrogens with zero attached hydrogens (tertiary/aromatic N) is 1. The van der Waals surface area contributed by atoms with Crippen LogP contribution in [-0.2, 0) is 11.3 Å². The summed E-state index contributed by atoms with van der Waals surface area (Å²) in [7, 11) is 1.59. The SMILES string of the molecule is COCc1ccc(C(=O)N2CCCC2CN)o1.Cl. The molecule has 0 radical (unpaired) electrons. The number of ether oxygens (including phenoxy) is 1. The molecule has 1 aromatic rings. The van der Waals surface area contributed by atoms with Gasteiger partial charge in [0.15, 0.2) is 5.76 Å². The van der Waals surface area contributed by atoms with Gasteiger partial charge in [-0.3, -0.25) is 4.79 Å². The molecule has 1 aliphatic rings. The molecular weight excluding hydrogens is 256 g/mol. The molecule has 1 amide bonds. The highest BCUT2D eigenvalue weighted by Crippen LogP contribution is 2.20. The van der Waals surface area contributed by atoms with Crippen LogP contribution in [0.2, 0.25) is 0 Å². The Kier molecular flexibility index (Phi) is 5.65. The summed E-state index contributed by atoms with van der Waals surface area (Å²) in [4.78, 5) is 14.0. The van der Waals surface area contributed by atoms with Crippen molar-refractivity contribution in [1.82, 2.24) is 4.90 Å². The molecule has 18 heavy (non-hydrogen) atoms. The number of carbonyl (C=O) groups excluding carboxylic acids is 1. The lowest BCUT2D eigenvalue weighted by molar-refractivity contribution is 0.0701. The average Bonchev–Trinajstić information content (AvgIpc) is 2.96. The summed E-state index contributed by atoms with van der Waals surface area (Å²) in [5.74, 6) is 0.969. The van der Waals surface area contributed by atoms with E-state index in [1.54, 1.807) is 24.1 Å². The number of hydrogen-bond donors (Lipinski definition) is 1. The molecule has 102 valence electrons. The Hall–Kier alpha value is -1.04. The van der Waals surface area contributed by atoms with E-state index in [9.17, 15) is 4.79 Å². The first-order valence-corrected chi connectivity index (χ1v) is 5.85. The number of carbonyl (C=O) groups is 1. The summed E-state index contributed by atoms with van der Waals surface area (Å²) in [6, 6.07) is 3.62. The van der Waals surface area contributed by atoms with E-state index in [4.69, 9.17) is 14.9 Å². The van der Waals surface area contributed by atoms with Crippen LogP contribution in [0, 0.1) is 0 Å². The van der Waals surface area contributed by atoms with Crippen molar-refractivity contribution in [3.63, 3.8) is 0 Å². The Bertz CT molecular complexity index is 394. The van der Waals surface area contributed by atoms with Gasteiger partial charge in [0.25, 0.3) is 5.91 Å². The summed E-state index contributed by atoms with van der Waals surface area (Å²) < 4.78 is 10.4. The van der Waals surface area contributed by atoms with Crippen LogP contribution in [0.25, 0.3) is 0 Å². The van der Waals surface area contributed by atoms with Gasteiger partial charge >= 0.3 is 0 Å². The first-order chi connectivity index (χ1) is 8.26. The molecule has 2 rings (SSSR count). The van der Waals surface area contributed by atoms with Gasteiger partial charge in [-0.25, -0.2) is 0 Å². The Morgan fingerprint density at radius 2 is 2.39 bits per heavy atom. The van der Waals surface area contributed by atoms with Gasteiger partial charge < -0.3 is 19.8 Å². The van der Waals surface area contributed by atoms with Crippen molar-refractivity contribution >= 4 is 18.3 Å². The fourth-order valence-electron chi connectivity index (χ4n) is 2.20. The molecule has 1 aromatic heterocycles. The molecule has 6 heteroatoms. The number of methoxy groups -OCH3 is 1. The zero-order valence-corrected chi connectivity index (χ0v) is 11.2. The van der Waals surface area contributed by atoms with E-state index in [1.807, 2.05) is 0 Å². The minimum atomic E-state index is -0.0692. The van der Waals surface area contributed by atoms with Crippen LogP contribution in [0.15, 0.2) is 16.5 Å². The lowest BCUT2D eigenvalue weighted by Gasteiger charge is -2.22. The highest BCUT2D eigenvalue weighted by Gasteiger charge is 2.29. The van der Waals surface area contributed by atoms with Crippen LogP contribution in [0.5, 0.6) is 0 Å². The maximum Gasteiger partial charge on any atom is 0.289 e. The molecule has 5 nitrogen and oxygen atoms in total. The Balaban J connectivity index is 0.00000162. The van der Waals surface area contributed by atoms with E-state index < -0.39 is 0 Å². The molecule has 0 bridgehead atoms. The minimum Gasteiger partial charge on any atom is -0.453 e. The smallest absolute Gasteiger partial charge is 0.289 e. The first-order valence-electron chi connectivity index (χ1n) is 5.85. The van der Waals surface area contributed by atoms with Crippen molar-refractivity contribution in [2.45, 2.75) is 25.5 Å². The van der Waals surface area contributed by atoms with Crippen molar-refractivity contribution in [3.05, 3.63) is 23.7 Å². The fourth-order valence-corrected chi connectivity index (χ4v) is 2.20. The molecule has 1 unspecified atom stereocenters. The van der Waals surface area contributed by atoms with E-state index in [-0.39, 0.29) is 24.4 Å². The molecule has 1 fully saturated rings. The lowest BCUT2D eigenvalue weighted by atomic mass is 10.2. The zero-order chi connectivity index (χ0) is 12.3. The predicted octanol–water partition coefficient (Wildman–Crippen LogP) is 1.41. The van der Waals surface area contributed by atoms with Crippen LogP contribution in [-0.4, -0.2) is 37.0 Å². The number of hydrogen-bond acceptors (Lipinski definition) is 4. The van der Waals surface area contributed by atoms with Gasteiger partial charge in [-0.15, -0.1) is 12.4 Å². The number of nitrogens with two attached hydrogens (primary N) is 1. The summed E-state index contributed by atoms with van der Waals surface area (Å²) in [5, 5.41) is 0. The maximum absolute atomic E-state index is 12.2. The van der Waals surface area contributed by atoms with Gasteiger partial charge in [0, 0.05) is 26.2 Å². The van der Waals surface area contributed by atoms with Crippen LogP contribution in [0.4, 0.5) is 0 Å². The molecule has 0 aliphatic carbocycles. The van der Waals surface area contributed by atoms with Crippen molar-refractivity contribution < 1.29 is 13.9 Å². The number of amides is 1. The largest absolute Gasteiger partial charge is 0.453 e. The van der Waals surface area contributed by atoms with E-state index in [1.165, 1.54) is 0 Å². The molecular formula is C12H19ClN2O3. The van der Waals surface area contributed by atoms with Crippen LogP contribution >= 0.6 is 12.4 Å². The van der Waals surface area contributed by atoms with Crippen LogP contribution in [0.3, 0.4) is 0 Å². The summed E-state index contributed by atoms with van der Waals surface area (Å²) >= 11 is 0. The number of halogens is 1.